The van der Waals surface area contributed by atoms with Gasteiger partial charge in [0.2, 0.25) is 10.0 Å². The molecule has 6 aromatic rings. The van der Waals surface area contributed by atoms with E-state index in [2.05, 4.69) is 10.4 Å². The van der Waals surface area contributed by atoms with Crippen LogP contribution in [0, 0.1) is 18.6 Å². The second-order valence-electron chi connectivity index (χ2n) is 11.9. The number of nitrogens with zero attached hydrogens (tertiary/aromatic N) is 5. The third-order valence-corrected chi connectivity index (χ3v) is 9.78. The van der Waals surface area contributed by atoms with Crippen molar-refractivity contribution in [2.75, 3.05) is 17.7 Å². The molecule has 0 radical (unpaired) electrons. The number of carboxylic acid groups (broad SMARTS) is 1. The second kappa shape index (κ2) is 13.6. The number of methoxy groups -OCH3 is 1. The van der Waals surface area contributed by atoms with Crippen LogP contribution in [0.25, 0.3) is 27.5 Å². The van der Waals surface area contributed by atoms with Crippen LogP contribution in [0.3, 0.4) is 0 Å². The third-order valence-electron chi connectivity index (χ3n) is 8.36. The van der Waals surface area contributed by atoms with E-state index in [4.69, 9.17) is 21.3 Å². The molecule has 2 N–H and O–H groups in total. The summed E-state index contributed by atoms with van der Waals surface area (Å²) in [6, 6.07) is 16.3. The Bertz CT molecular complexity index is 2490. The van der Waals surface area contributed by atoms with E-state index in [1.54, 1.807) is 56.4 Å². The van der Waals surface area contributed by atoms with Crippen molar-refractivity contribution in [2.45, 2.75) is 25.9 Å². The van der Waals surface area contributed by atoms with Crippen LogP contribution >= 0.6 is 11.6 Å². The van der Waals surface area contributed by atoms with Crippen molar-refractivity contribution in [3.63, 3.8) is 0 Å². The van der Waals surface area contributed by atoms with Crippen LogP contribution in [-0.2, 0) is 30.0 Å². The highest BCUT2D eigenvalue weighted by Gasteiger charge is 2.30. The summed E-state index contributed by atoms with van der Waals surface area (Å²) in [6.45, 7) is 1.62. The summed E-state index contributed by atoms with van der Waals surface area (Å²) in [5, 5.41) is 17.3. The summed E-state index contributed by atoms with van der Waals surface area (Å²) in [6.07, 6.45) is -0.735. The Morgan fingerprint density at radius 3 is 2.37 bits per heavy atom. The van der Waals surface area contributed by atoms with Gasteiger partial charge in [0, 0.05) is 19.5 Å². The van der Waals surface area contributed by atoms with Crippen molar-refractivity contribution in [3.8, 4) is 11.4 Å². The number of amides is 1. The molecule has 0 saturated carbocycles. The number of anilines is 1. The van der Waals surface area contributed by atoms with Crippen molar-refractivity contribution >= 4 is 55.3 Å². The Morgan fingerprint density at radius 1 is 1.06 bits per heavy atom. The predicted octanol–water partition coefficient (Wildman–Crippen LogP) is 6.04. The molecule has 2 heterocycles. The average molecular weight is 737 g/mol. The number of ether oxygens (including phenoxy) is 1. The first-order valence-corrected chi connectivity index (χ1v) is 17.6. The van der Waals surface area contributed by atoms with Crippen molar-refractivity contribution < 1.29 is 31.8 Å². The second-order valence-corrected chi connectivity index (χ2v) is 14.2. The van der Waals surface area contributed by atoms with Gasteiger partial charge in [0.15, 0.2) is 5.82 Å². The van der Waals surface area contributed by atoms with Crippen LogP contribution in [0.15, 0.2) is 77.6 Å². The van der Waals surface area contributed by atoms with Gasteiger partial charge in [0.1, 0.15) is 23.2 Å². The Labute approximate surface area is 295 Å². The molecule has 12 nitrogen and oxygen atoms in total. The summed E-state index contributed by atoms with van der Waals surface area (Å²) in [5.74, 6) is -1.28. The predicted molar refractivity (Wildman–Crippen MR) is 189 cm³/mol. The van der Waals surface area contributed by atoms with E-state index in [1.807, 2.05) is 0 Å². The molecule has 0 fully saturated rings. The van der Waals surface area contributed by atoms with Crippen LogP contribution in [0.2, 0.25) is 5.02 Å². The van der Waals surface area contributed by atoms with Crippen LogP contribution in [0.4, 0.5) is 19.4 Å². The molecule has 264 valence electrons. The van der Waals surface area contributed by atoms with Gasteiger partial charge in [-0.15, -0.1) is 0 Å². The van der Waals surface area contributed by atoms with Gasteiger partial charge in [-0.05, 0) is 66.1 Å². The maximum atomic E-state index is 14.5. The Kier molecular flexibility index (Phi) is 9.44. The zero-order valence-electron chi connectivity index (χ0n) is 27.7. The number of nitrogens with one attached hydrogen (secondary N) is 1. The monoisotopic (exact) mass is 736 g/mol. The van der Waals surface area contributed by atoms with Gasteiger partial charge in [0.25, 0.3) is 5.56 Å². The van der Waals surface area contributed by atoms with Crippen LogP contribution in [0.5, 0.6) is 5.75 Å². The van der Waals surface area contributed by atoms with Crippen molar-refractivity contribution in [1.82, 2.24) is 24.6 Å². The SMILES string of the molecule is COc1ccc(CN(c2nn(C)c3c(-n4c(C(Cc5cc(F)cc(F)c5)NC(=O)O)nc5c(C)cccc5c4=O)ccc(Cl)c23)S(C)(=O)=O)cc1. The molecule has 0 saturated heterocycles. The van der Waals surface area contributed by atoms with Crippen molar-refractivity contribution in [1.29, 1.82) is 0 Å². The number of para-hydroxylation sites is 1. The molecule has 6 rings (SSSR count). The van der Waals surface area contributed by atoms with Crippen molar-refractivity contribution in [2.24, 2.45) is 7.05 Å². The highest BCUT2D eigenvalue weighted by Crippen LogP contribution is 2.38. The zero-order valence-corrected chi connectivity index (χ0v) is 29.3. The van der Waals surface area contributed by atoms with Crippen LogP contribution < -0.4 is 19.9 Å². The molecule has 2 aromatic heterocycles. The Morgan fingerprint density at radius 2 is 1.75 bits per heavy atom. The Balaban J connectivity index is 1.63. The normalized spacial score (nSPS) is 12.3. The largest absolute Gasteiger partial charge is 0.497 e. The first kappa shape index (κ1) is 35.3. The minimum Gasteiger partial charge on any atom is -0.497 e. The molecule has 1 amide bonds. The fourth-order valence-corrected chi connectivity index (χ4v) is 7.16. The summed E-state index contributed by atoms with van der Waals surface area (Å²) in [5.41, 5.74) is 1.41. The average Bonchev–Trinajstić information content (AvgIpc) is 3.40. The lowest BCUT2D eigenvalue weighted by molar-refractivity contribution is 0.189. The van der Waals surface area contributed by atoms with E-state index in [0.717, 1.165) is 22.7 Å². The molecular formula is C35H31ClF2N6O6S. The van der Waals surface area contributed by atoms with Gasteiger partial charge in [-0.25, -0.2) is 31.3 Å². The molecule has 16 heteroatoms. The molecular weight excluding hydrogens is 706 g/mol. The van der Waals surface area contributed by atoms with Crippen molar-refractivity contribution in [3.05, 3.63) is 122 Å². The fraction of sp³-hybridized carbons (Fsp3) is 0.200. The van der Waals surface area contributed by atoms with Gasteiger partial charge in [-0.3, -0.25) is 14.0 Å². The molecule has 0 aliphatic rings. The van der Waals surface area contributed by atoms with E-state index >= 15 is 0 Å². The first-order valence-electron chi connectivity index (χ1n) is 15.4. The van der Waals surface area contributed by atoms with Gasteiger partial charge in [0.05, 0.1) is 58.5 Å². The zero-order chi connectivity index (χ0) is 36.8. The van der Waals surface area contributed by atoms with Crippen LogP contribution in [-0.4, -0.2) is 52.3 Å². The molecule has 0 spiro atoms. The number of sulfonamides is 1. The number of aromatic nitrogens is 4. The number of carbonyl (C=O) groups is 1. The molecule has 1 atom stereocenters. The number of fused-ring (bicyclic) bond motifs is 2. The number of rotatable bonds is 10. The number of hydrogen-bond donors (Lipinski definition) is 2. The van der Waals surface area contributed by atoms with E-state index in [1.165, 1.54) is 28.5 Å². The summed E-state index contributed by atoms with van der Waals surface area (Å²) < 4.78 is 64.0. The standard InChI is InChI=1S/C35H31ClF2N6O6S/c1-19-6-5-7-25-30(19)40-32(27(39-35(46)47)16-21-14-22(37)17-23(38)15-21)44(34(25)45)28-13-12-26(36)29-31(28)42(2)41-33(29)43(51(4,48)49)18-20-8-10-24(50-3)11-9-20/h5-15,17,27,39H,16,18H2,1-4H3,(H,46,47). The summed E-state index contributed by atoms with van der Waals surface area (Å²) >= 11 is 6.78. The minimum absolute atomic E-state index is 0.0210. The van der Waals surface area contributed by atoms with E-state index < -0.39 is 39.4 Å². The van der Waals surface area contributed by atoms with E-state index in [9.17, 15) is 31.9 Å². The van der Waals surface area contributed by atoms with Gasteiger partial charge < -0.3 is 15.2 Å². The maximum Gasteiger partial charge on any atom is 0.405 e. The van der Waals surface area contributed by atoms with Gasteiger partial charge in [-0.2, -0.15) is 5.10 Å². The molecule has 0 aliphatic heterocycles. The summed E-state index contributed by atoms with van der Waals surface area (Å²) in [7, 11) is -0.910. The lowest BCUT2D eigenvalue weighted by Gasteiger charge is -2.23. The Hall–Kier alpha value is -5.54. The lowest BCUT2D eigenvalue weighted by Crippen LogP contribution is -2.35. The molecule has 1 unspecified atom stereocenters. The van der Waals surface area contributed by atoms with Gasteiger partial charge >= 0.3 is 6.09 Å². The number of benzene rings is 4. The number of hydrogen-bond acceptors (Lipinski definition) is 7. The minimum atomic E-state index is -3.97. The fourth-order valence-electron chi connectivity index (χ4n) is 6.09. The third kappa shape index (κ3) is 6.94. The molecule has 51 heavy (non-hydrogen) atoms. The number of aryl methyl sites for hydroxylation is 2. The first-order chi connectivity index (χ1) is 24.2. The topological polar surface area (TPSA) is 149 Å². The molecule has 4 aromatic carbocycles. The highest BCUT2D eigenvalue weighted by molar-refractivity contribution is 7.92. The number of halogens is 3. The van der Waals surface area contributed by atoms with Crippen LogP contribution in [0.1, 0.15) is 28.6 Å². The van der Waals surface area contributed by atoms with E-state index in [-0.39, 0.29) is 62.7 Å². The van der Waals surface area contributed by atoms with E-state index in [0.29, 0.717) is 22.9 Å². The summed E-state index contributed by atoms with van der Waals surface area (Å²) in [4.78, 5) is 31.5. The highest BCUT2D eigenvalue weighted by atomic mass is 35.5. The molecule has 0 aliphatic carbocycles. The quantitative estimate of drug-likeness (QED) is 0.173. The maximum absolute atomic E-state index is 14.5. The van der Waals surface area contributed by atoms with Gasteiger partial charge in [-0.1, -0.05) is 35.9 Å². The lowest BCUT2D eigenvalue weighted by atomic mass is 10.0. The smallest absolute Gasteiger partial charge is 0.405 e. The molecule has 0 bridgehead atoms.